The van der Waals surface area contributed by atoms with E-state index in [1.165, 1.54) is 30.4 Å². The predicted molar refractivity (Wildman–Crippen MR) is 103 cm³/mol. The molecule has 0 atom stereocenters. The van der Waals surface area contributed by atoms with Gasteiger partial charge < -0.3 is 9.88 Å². The van der Waals surface area contributed by atoms with Crippen LogP contribution in [-0.4, -0.2) is 15.5 Å². The highest BCUT2D eigenvalue weighted by molar-refractivity contribution is 6.04. The molecule has 1 aliphatic carbocycles. The Morgan fingerprint density at radius 2 is 1.92 bits per heavy atom. The summed E-state index contributed by atoms with van der Waals surface area (Å²) in [6.45, 7) is 0.708. The van der Waals surface area contributed by atoms with Crippen molar-refractivity contribution < 1.29 is 4.79 Å². The van der Waals surface area contributed by atoms with Crippen molar-refractivity contribution in [2.75, 3.05) is 5.32 Å². The minimum Gasteiger partial charge on any atom is -0.333 e. The number of rotatable bonds is 4. The lowest BCUT2D eigenvalue weighted by Gasteiger charge is -2.11. The van der Waals surface area contributed by atoms with Crippen molar-refractivity contribution in [1.29, 1.82) is 0 Å². The Balaban J connectivity index is 1.49. The fourth-order valence-corrected chi connectivity index (χ4v) is 3.59. The summed E-state index contributed by atoms with van der Waals surface area (Å²) in [6.07, 6.45) is 11.5. The Morgan fingerprint density at radius 3 is 2.77 bits per heavy atom. The van der Waals surface area contributed by atoms with Crippen molar-refractivity contribution in [2.24, 2.45) is 0 Å². The molecule has 0 spiro atoms. The lowest BCUT2D eigenvalue weighted by atomic mass is 10.0. The van der Waals surface area contributed by atoms with Crippen molar-refractivity contribution >= 4 is 11.6 Å². The first kappa shape index (κ1) is 16.6. The van der Waals surface area contributed by atoms with Crippen LogP contribution in [0.5, 0.6) is 0 Å². The Hall–Kier alpha value is -2.88. The molecule has 1 N–H and O–H groups in total. The number of aromatic nitrogens is 2. The molecule has 1 aromatic heterocycles. The van der Waals surface area contributed by atoms with Gasteiger partial charge in [0.25, 0.3) is 5.91 Å². The second kappa shape index (κ2) is 7.56. The molecule has 2 aromatic carbocycles. The molecule has 0 bridgehead atoms. The second-order valence-corrected chi connectivity index (χ2v) is 6.93. The van der Waals surface area contributed by atoms with Gasteiger partial charge in [-0.2, -0.15) is 0 Å². The van der Waals surface area contributed by atoms with Crippen LogP contribution < -0.4 is 5.32 Å². The van der Waals surface area contributed by atoms with Gasteiger partial charge in [0.15, 0.2) is 0 Å². The average Bonchev–Trinajstić information content (AvgIpc) is 3.05. The van der Waals surface area contributed by atoms with Crippen LogP contribution in [0.4, 0.5) is 5.69 Å². The lowest BCUT2D eigenvalue weighted by Crippen LogP contribution is -2.13. The van der Waals surface area contributed by atoms with Gasteiger partial charge in [0, 0.05) is 30.2 Å². The highest BCUT2D eigenvalue weighted by Gasteiger charge is 2.11. The summed E-state index contributed by atoms with van der Waals surface area (Å²) in [5.41, 5.74) is 5.46. The molecule has 0 aliphatic heterocycles. The number of anilines is 1. The Labute approximate surface area is 153 Å². The highest BCUT2D eigenvalue weighted by atomic mass is 16.1. The SMILES string of the molecule is O=C(Nc1ccc2c(c1)CCCCC2)c1cccc(Cn2ccnc2)c1. The van der Waals surface area contributed by atoms with Gasteiger partial charge >= 0.3 is 0 Å². The van der Waals surface area contributed by atoms with E-state index in [1.54, 1.807) is 12.5 Å². The molecular formula is C22H23N3O. The van der Waals surface area contributed by atoms with Crippen molar-refractivity contribution in [3.63, 3.8) is 0 Å². The normalized spacial score (nSPS) is 13.7. The quantitative estimate of drug-likeness (QED) is 0.710. The van der Waals surface area contributed by atoms with Crippen LogP contribution >= 0.6 is 0 Å². The Morgan fingerprint density at radius 1 is 1.04 bits per heavy atom. The summed E-state index contributed by atoms with van der Waals surface area (Å²) in [4.78, 5) is 16.7. The number of hydrogen-bond donors (Lipinski definition) is 1. The number of imidazole rings is 1. The van der Waals surface area contributed by atoms with Gasteiger partial charge in [-0.15, -0.1) is 0 Å². The van der Waals surface area contributed by atoms with Gasteiger partial charge in [0.2, 0.25) is 0 Å². The molecule has 4 rings (SSSR count). The van der Waals surface area contributed by atoms with Crippen molar-refractivity contribution in [1.82, 2.24) is 9.55 Å². The topological polar surface area (TPSA) is 46.9 Å². The molecule has 0 unspecified atom stereocenters. The fraction of sp³-hybridized carbons (Fsp3) is 0.273. The van der Waals surface area contributed by atoms with Crippen molar-refractivity contribution in [3.05, 3.63) is 83.4 Å². The number of fused-ring (bicyclic) bond motifs is 1. The summed E-state index contributed by atoms with van der Waals surface area (Å²) in [7, 11) is 0. The third-order valence-electron chi connectivity index (χ3n) is 4.97. The minimum atomic E-state index is -0.0638. The van der Waals surface area contributed by atoms with Crippen LogP contribution in [0.25, 0.3) is 0 Å². The highest BCUT2D eigenvalue weighted by Crippen LogP contribution is 2.24. The van der Waals surface area contributed by atoms with E-state index in [2.05, 4.69) is 22.4 Å². The van der Waals surface area contributed by atoms with E-state index in [0.29, 0.717) is 12.1 Å². The molecule has 26 heavy (non-hydrogen) atoms. The van der Waals surface area contributed by atoms with E-state index < -0.39 is 0 Å². The maximum atomic E-state index is 12.7. The number of amides is 1. The Bertz CT molecular complexity index is 900. The van der Waals surface area contributed by atoms with Crippen LogP contribution in [0.3, 0.4) is 0 Å². The van der Waals surface area contributed by atoms with E-state index in [4.69, 9.17) is 0 Å². The van der Waals surface area contributed by atoms with E-state index in [0.717, 1.165) is 24.1 Å². The molecule has 1 amide bonds. The molecule has 132 valence electrons. The number of carbonyl (C=O) groups is 1. The van der Waals surface area contributed by atoms with Crippen molar-refractivity contribution in [3.8, 4) is 0 Å². The lowest BCUT2D eigenvalue weighted by molar-refractivity contribution is 0.102. The summed E-state index contributed by atoms with van der Waals surface area (Å²) in [5, 5.41) is 3.06. The molecule has 1 heterocycles. The van der Waals surface area contributed by atoms with Gasteiger partial charge in [-0.3, -0.25) is 4.79 Å². The van der Waals surface area contributed by atoms with Crippen LogP contribution in [0, 0.1) is 0 Å². The zero-order valence-electron chi connectivity index (χ0n) is 14.8. The van der Waals surface area contributed by atoms with Gasteiger partial charge in [0.1, 0.15) is 0 Å². The third kappa shape index (κ3) is 3.85. The summed E-state index contributed by atoms with van der Waals surface area (Å²) < 4.78 is 1.99. The summed E-state index contributed by atoms with van der Waals surface area (Å²) in [6, 6.07) is 14.1. The molecule has 4 nitrogen and oxygen atoms in total. The van der Waals surface area contributed by atoms with E-state index in [1.807, 2.05) is 41.1 Å². The zero-order chi connectivity index (χ0) is 17.8. The van der Waals surface area contributed by atoms with Crippen LogP contribution in [0.2, 0.25) is 0 Å². The van der Waals surface area contributed by atoms with Gasteiger partial charge in [-0.05, 0) is 66.6 Å². The van der Waals surface area contributed by atoms with E-state index in [-0.39, 0.29) is 5.91 Å². The Kier molecular flexibility index (Phi) is 4.82. The van der Waals surface area contributed by atoms with Crippen LogP contribution in [0.1, 0.15) is 46.3 Å². The van der Waals surface area contributed by atoms with Gasteiger partial charge in [-0.1, -0.05) is 24.6 Å². The van der Waals surface area contributed by atoms with Crippen LogP contribution in [-0.2, 0) is 19.4 Å². The zero-order valence-corrected chi connectivity index (χ0v) is 14.8. The number of benzene rings is 2. The molecule has 3 aromatic rings. The first-order valence-electron chi connectivity index (χ1n) is 9.26. The predicted octanol–water partition coefficient (Wildman–Crippen LogP) is 4.45. The molecule has 0 saturated carbocycles. The molecular weight excluding hydrogens is 322 g/mol. The maximum Gasteiger partial charge on any atom is 0.255 e. The third-order valence-corrected chi connectivity index (χ3v) is 4.97. The number of aryl methyl sites for hydroxylation is 2. The second-order valence-electron chi connectivity index (χ2n) is 6.93. The first-order chi connectivity index (χ1) is 12.8. The van der Waals surface area contributed by atoms with Crippen molar-refractivity contribution in [2.45, 2.75) is 38.6 Å². The van der Waals surface area contributed by atoms with Gasteiger partial charge in [-0.25, -0.2) is 4.98 Å². The number of hydrogen-bond acceptors (Lipinski definition) is 2. The maximum absolute atomic E-state index is 12.7. The standard InChI is InChI=1S/C22H23N3O/c26-22(20-8-4-5-17(13-20)15-25-12-11-23-16-25)24-21-10-9-18-6-2-1-3-7-19(18)14-21/h4-5,8-14,16H,1-3,6-7,15H2,(H,24,26). The van der Waals surface area contributed by atoms with E-state index in [9.17, 15) is 4.79 Å². The van der Waals surface area contributed by atoms with E-state index >= 15 is 0 Å². The molecule has 0 fully saturated rings. The van der Waals surface area contributed by atoms with Crippen LogP contribution in [0.15, 0.2) is 61.2 Å². The smallest absolute Gasteiger partial charge is 0.255 e. The molecule has 1 aliphatic rings. The minimum absolute atomic E-state index is 0.0638. The molecule has 0 radical (unpaired) electrons. The monoisotopic (exact) mass is 345 g/mol. The summed E-state index contributed by atoms with van der Waals surface area (Å²) in [5.74, 6) is -0.0638. The number of nitrogens with one attached hydrogen (secondary N) is 1. The summed E-state index contributed by atoms with van der Waals surface area (Å²) >= 11 is 0. The number of carbonyl (C=O) groups excluding carboxylic acids is 1. The van der Waals surface area contributed by atoms with Gasteiger partial charge in [0.05, 0.1) is 6.33 Å². The first-order valence-corrected chi connectivity index (χ1v) is 9.26. The number of nitrogens with zero attached hydrogens (tertiary/aromatic N) is 2. The average molecular weight is 345 g/mol. The largest absolute Gasteiger partial charge is 0.333 e. The molecule has 0 saturated heterocycles. The fourth-order valence-electron chi connectivity index (χ4n) is 3.59. The molecule has 4 heteroatoms.